The summed E-state index contributed by atoms with van der Waals surface area (Å²) in [6.07, 6.45) is 0.790. The van der Waals surface area contributed by atoms with Gasteiger partial charge in [0.1, 0.15) is 6.29 Å². The third-order valence-electron chi connectivity index (χ3n) is 4.70. The van der Waals surface area contributed by atoms with Gasteiger partial charge in [-0.05, 0) is 41.5 Å². The van der Waals surface area contributed by atoms with Crippen LogP contribution in [0.1, 0.15) is 37.4 Å². The zero-order valence-electron chi connectivity index (χ0n) is 14.3. The van der Waals surface area contributed by atoms with Crippen molar-refractivity contribution in [3.63, 3.8) is 0 Å². The molecule has 0 bridgehead atoms. The van der Waals surface area contributed by atoms with Gasteiger partial charge in [-0.2, -0.15) is 0 Å². The molecule has 1 aliphatic carbocycles. The van der Waals surface area contributed by atoms with Gasteiger partial charge in [0.25, 0.3) is 0 Å². The topological polar surface area (TPSA) is 72.2 Å². The Kier molecular flexibility index (Phi) is 4.09. The fraction of sp³-hybridized carbons (Fsp3) is 0. The summed E-state index contributed by atoms with van der Waals surface area (Å²) in [4.78, 5) is 24.5. The molecule has 0 unspecified atom stereocenters. The van der Waals surface area contributed by atoms with Crippen LogP contribution in [0.5, 0.6) is 0 Å². The maximum atomic E-state index is 13.1. The fourth-order valence-corrected chi connectivity index (χ4v) is 3.59. The molecular weight excluding hydrogens is 356 g/mol. The van der Waals surface area contributed by atoms with Gasteiger partial charge in [0.05, 0.1) is 11.3 Å². The first-order valence-electron chi connectivity index (χ1n) is 8.32. The van der Waals surface area contributed by atoms with Crippen LogP contribution in [0, 0.1) is 0 Å². The van der Waals surface area contributed by atoms with Crippen LogP contribution in [-0.4, -0.2) is 12.1 Å². The smallest absolute Gasteiger partial charge is 0.196 e. The van der Waals surface area contributed by atoms with E-state index in [0.29, 0.717) is 38.5 Å². The standard InChI is InChI=1S/C22H16N2O2S/c1-12-15-4-2-3-5-16(15)22(26)20-19(12)17(10-18(27)21(20)23)24-14-8-6-13(11-25)7-9-14/h2-11,24,27H,1,23H2. The first kappa shape index (κ1) is 17.1. The molecular formula is C22H16N2O2S. The second-order valence-corrected chi connectivity index (χ2v) is 6.81. The second kappa shape index (κ2) is 6.45. The minimum Gasteiger partial charge on any atom is -0.397 e. The van der Waals surface area contributed by atoms with E-state index in [4.69, 9.17) is 5.73 Å². The van der Waals surface area contributed by atoms with Gasteiger partial charge in [-0.25, -0.2) is 0 Å². The fourth-order valence-electron chi connectivity index (χ4n) is 3.35. The summed E-state index contributed by atoms with van der Waals surface area (Å²) in [5, 5.41) is 3.30. The van der Waals surface area contributed by atoms with Crippen LogP contribution in [0.3, 0.4) is 0 Å². The van der Waals surface area contributed by atoms with Crippen molar-refractivity contribution in [3.05, 3.63) is 89.0 Å². The summed E-state index contributed by atoms with van der Waals surface area (Å²) in [5.41, 5.74) is 11.8. The van der Waals surface area contributed by atoms with Gasteiger partial charge in [-0.15, -0.1) is 12.6 Å². The molecule has 0 spiro atoms. The number of benzene rings is 3. The van der Waals surface area contributed by atoms with Gasteiger partial charge >= 0.3 is 0 Å². The SMILES string of the molecule is C=C1c2ccccc2C(=O)c2c(N)c(S)cc(Nc3ccc(C=O)cc3)c21. The maximum absolute atomic E-state index is 13.1. The Morgan fingerprint density at radius 2 is 1.67 bits per heavy atom. The van der Waals surface area contributed by atoms with Crippen molar-refractivity contribution in [2.24, 2.45) is 0 Å². The molecule has 3 aromatic carbocycles. The van der Waals surface area contributed by atoms with Gasteiger partial charge in [-0.3, -0.25) is 9.59 Å². The number of nitrogens with two attached hydrogens (primary N) is 1. The van der Waals surface area contributed by atoms with Gasteiger partial charge in [0.15, 0.2) is 5.78 Å². The molecule has 0 saturated carbocycles. The molecule has 0 aromatic heterocycles. The largest absolute Gasteiger partial charge is 0.397 e. The van der Waals surface area contributed by atoms with Gasteiger partial charge in [-0.1, -0.05) is 30.8 Å². The summed E-state index contributed by atoms with van der Waals surface area (Å²) in [6, 6.07) is 16.2. The van der Waals surface area contributed by atoms with Crippen molar-refractivity contribution in [2.75, 3.05) is 11.1 Å². The first-order valence-corrected chi connectivity index (χ1v) is 8.77. The molecule has 0 atom stereocenters. The van der Waals surface area contributed by atoms with E-state index in [9.17, 15) is 9.59 Å². The predicted octanol–water partition coefficient (Wildman–Crippen LogP) is 4.72. The van der Waals surface area contributed by atoms with Gasteiger partial charge < -0.3 is 11.1 Å². The lowest BCUT2D eigenvalue weighted by Gasteiger charge is -2.26. The summed E-state index contributed by atoms with van der Waals surface area (Å²) < 4.78 is 0. The normalized spacial score (nSPS) is 12.3. The number of carbonyl (C=O) groups is 2. The summed E-state index contributed by atoms with van der Waals surface area (Å²) >= 11 is 4.45. The highest BCUT2D eigenvalue weighted by Crippen LogP contribution is 2.44. The molecule has 0 saturated heterocycles. The van der Waals surface area contributed by atoms with Crippen LogP contribution in [0.4, 0.5) is 17.1 Å². The number of rotatable bonds is 3. The molecule has 0 heterocycles. The monoisotopic (exact) mass is 372 g/mol. The number of thiol groups is 1. The van der Waals surface area contributed by atoms with E-state index in [0.717, 1.165) is 23.1 Å². The molecule has 0 amide bonds. The lowest BCUT2D eigenvalue weighted by atomic mass is 9.80. The summed E-state index contributed by atoms with van der Waals surface area (Å²) in [6.45, 7) is 4.21. The highest BCUT2D eigenvalue weighted by molar-refractivity contribution is 7.80. The second-order valence-electron chi connectivity index (χ2n) is 6.33. The number of hydrogen-bond acceptors (Lipinski definition) is 5. The molecule has 0 aliphatic heterocycles. The number of carbonyl (C=O) groups excluding carboxylic acids is 2. The van der Waals surface area contributed by atoms with Crippen molar-refractivity contribution < 1.29 is 9.59 Å². The predicted molar refractivity (Wildman–Crippen MR) is 111 cm³/mol. The summed E-state index contributed by atoms with van der Waals surface area (Å²) in [5.74, 6) is -0.138. The lowest BCUT2D eigenvalue weighted by molar-refractivity contribution is 0.103. The van der Waals surface area contributed by atoms with Crippen molar-refractivity contribution in [3.8, 4) is 0 Å². The maximum Gasteiger partial charge on any atom is 0.196 e. The quantitative estimate of drug-likeness (QED) is 0.276. The number of hydrogen-bond donors (Lipinski definition) is 3. The zero-order chi connectivity index (χ0) is 19.1. The van der Waals surface area contributed by atoms with Crippen molar-refractivity contribution in [1.82, 2.24) is 0 Å². The van der Waals surface area contributed by atoms with E-state index >= 15 is 0 Å². The third kappa shape index (κ3) is 2.73. The highest BCUT2D eigenvalue weighted by atomic mass is 32.1. The average Bonchev–Trinajstić information content (AvgIpc) is 2.69. The number of anilines is 3. The van der Waals surface area contributed by atoms with E-state index in [1.807, 2.05) is 18.2 Å². The Morgan fingerprint density at radius 1 is 1.00 bits per heavy atom. The summed E-state index contributed by atoms with van der Waals surface area (Å²) in [7, 11) is 0. The van der Waals surface area contributed by atoms with Gasteiger partial charge in [0, 0.05) is 33.0 Å². The van der Waals surface area contributed by atoms with E-state index in [1.54, 1.807) is 36.4 Å². The van der Waals surface area contributed by atoms with E-state index in [1.165, 1.54) is 0 Å². The molecule has 3 N–H and O–H groups in total. The minimum atomic E-state index is -0.138. The van der Waals surface area contributed by atoms with E-state index < -0.39 is 0 Å². The first-order chi connectivity index (χ1) is 13.0. The van der Waals surface area contributed by atoms with Crippen molar-refractivity contribution in [1.29, 1.82) is 0 Å². The van der Waals surface area contributed by atoms with Crippen molar-refractivity contribution in [2.45, 2.75) is 4.90 Å². The number of fused-ring (bicyclic) bond motifs is 2. The lowest BCUT2D eigenvalue weighted by Crippen LogP contribution is -2.18. The van der Waals surface area contributed by atoms with E-state index in [-0.39, 0.29) is 5.78 Å². The van der Waals surface area contributed by atoms with Crippen LogP contribution in [-0.2, 0) is 0 Å². The van der Waals surface area contributed by atoms with Gasteiger partial charge in [0.2, 0.25) is 0 Å². The number of nitrogens with one attached hydrogen (secondary N) is 1. The zero-order valence-corrected chi connectivity index (χ0v) is 15.2. The minimum absolute atomic E-state index is 0.138. The molecule has 0 fully saturated rings. The van der Waals surface area contributed by atoms with Crippen LogP contribution in [0.15, 0.2) is 66.1 Å². The molecule has 4 nitrogen and oxygen atoms in total. The Bertz CT molecular complexity index is 1120. The highest BCUT2D eigenvalue weighted by Gasteiger charge is 2.31. The molecule has 1 aliphatic rings. The molecule has 4 rings (SSSR count). The number of nitrogen functional groups attached to an aromatic ring is 1. The Balaban J connectivity index is 1.89. The van der Waals surface area contributed by atoms with Crippen LogP contribution in [0.2, 0.25) is 0 Å². The van der Waals surface area contributed by atoms with Crippen molar-refractivity contribution >= 4 is 47.3 Å². The van der Waals surface area contributed by atoms with Crippen LogP contribution in [0.25, 0.3) is 5.57 Å². The Hall–Kier alpha value is -3.31. The third-order valence-corrected chi connectivity index (χ3v) is 5.07. The molecule has 5 heteroatoms. The molecule has 132 valence electrons. The average molecular weight is 372 g/mol. The Labute approximate surface area is 162 Å². The number of aldehydes is 1. The number of ketones is 1. The molecule has 0 radical (unpaired) electrons. The molecule has 3 aromatic rings. The Morgan fingerprint density at radius 3 is 2.33 bits per heavy atom. The van der Waals surface area contributed by atoms with Crippen LogP contribution < -0.4 is 11.1 Å². The molecule has 27 heavy (non-hydrogen) atoms. The van der Waals surface area contributed by atoms with E-state index in [2.05, 4.69) is 24.5 Å². The van der Waals surface area contributed by atoms with Crippen LogP contribution >= 0.6 is 12.6 Å².